The Labute approximate surface area is 101 Å². The van der Waals surface area contributed by atoms with E-state index in [4.69, 9.17) is 11.6 Å². The lowest BCUT2D eigenvalue weighted by Crippen LogP contribution is -2.33. The largest absolute Gasteiger partial charge is 0.394 e. The van der Waals surface area contributed by atoms with Crippen molar-refractivity contribution in [2.24, 2.45) is 0 Å². The molecule has 0 radical (unpaired) electrons. The summed E-state index contributed by atoms with van der Waals surface area (Å²) in [5.74, 6) is 0.770. The molecule has 2 rings (SSSR count). The summed E-state index contributed by atoms with van der Waals surface area (Å²) >= 11 is 9.14. The van der Waals surface area contributed by atoms with Gasteiger partial charge in [-0.2, -0.15) is 4.98 Å². The van der Waals surface area contributed by atoms with Gasteiger partial charge in [-0.15, -0.1) is 0 Å². The number of rotatable bonds is 2. The molecule has 82 valence electrons. The summed E-state index contributed by atoms with van der Waals surface area (Å²) in [6, 6.07) is 0.146. The lowest BCUT2D eigenvalue weighted by molar-refractivity contribution is 0.266. The molecule has 1 aliphatic rings. The van der Waals surface area contributed by atoms with Crippen molar-refractivity contribution in [2.75, 3.05) is 18.1 Å². The van der Waals surface area contributed by atoms with E-state index in [1.807, 2.05) is 0 Å². The molecule has 0 amide bonds. The molecule has 1 aliphatic heterocycles. The SMILES string of the molecule is OC[C@@H]1CCCN1c1nc(Cl)ncc1Br. The minimum Gasteiger partial charge on any atom is -0.394 e. The number of halogens is 2. The highest BCUT2D eigenvalue weighted by Gasteiger charge is 2.26. The second-order valence-corrected chi connectivity index (χ2v) is 4.67. The number of aliphatic hydroxyl groups is 1. The minimum absolute atomic E-state index is 0.146. The number of anilines is 1. The Morgan fingerprint density at radius 2 is 2.47 bits per heavy atom. The summed E-state index contributed by atoms with van der Waals surface area (Å²) < 4.78 is 0.812. The number of hydrogen-bond acceptors (Lipinski definition) is 4. The van der Waals surface area contributed by atoms with Gasteiger partial charge in [-0.3, -0.25) is 0 Å². The molecule has 0 aromatic carbocycles. The molecule has 0 spiro atoms. The Morgan fingerprint density at radius 3 is 3.20 bits per heavy atom. The highest BCUT2D eigenvalue weighted by atomic mass is 79.9. The molecule has 0 unspecified atom stereocenters. The third-order valence-electron chi connectivity index (χ3n) is 2.56. The van der Waals surface area contributed by atoms with Gasteiger partial charge in [-0.25, -0.2) is 4.98 Å². The Balaban J connectivity index is 2.31. The molecule has 0 bridgehead atoms. The smallest absolute Gasteiger partial charge is 0.224 e. The van der Waals surface area contributed by atoms with Gasteiger partial charge in [0.25, 0.3) is 0 Å². The van der Waals surface area contributed by atoms with Crippen molar-refractivity contribution >= 4 is 33.3 Å². The van der Waals surface area contributed by atoms with Crippen LogP contribution in [0.15, 0.2) is 10.7 Å². The fraction of sp³-hybridized carbons (Fsp3) is 0.556. The molecule has 0 aliphatic carbocycles. The number of aliphatic hydroxyl groups excluding tert-OH is 1. The van der Waals surface area contributed by atoms with Crippen molar-refractivity contribution in [2.45, 2.75) is 18.9 Å². The van der Waals surface area contributed by atoms with E-state index in [1.165, 1.54) is 0 Å². The second kappa shape index (κ2) is 4.63. The molecule has 15 heavy (non-hydrogen) atoms. The molecule has 1 N–H and O–H groups in total. The molecule has 0 saturated carbocycles. The van der Waals surface area contributed by atoms with Crippen LogP contribution >= 0.6 is 27.5 Å². The van der Waals surface area contributed by atoms with Gasteiger partial charge in [-0.1, -0.05) is 0 Å². The van der Waals surface area contributed by atoms with Crippen LogP contribution in [0.2, 0.25) is 5.28 Å². The standard InChI is InChI=1S/C9H11BrClN3O/c10-7-4-12-9(11)13-8(7)14-3-1-2-6(14)5-15/h4,6,15H,1-3,5H2/t6-/m0/s1. The average molecular weight is 293 g/mol. The van der Waals surface area contributed by atoms with Crippen molar-refractivity contribution in [1.82, 2.24) is 9.97 Å². The monoisotopic (exact) mass is 291 g/mol. The van der Waals surface area contributed by atoms with Gasteiger partial charge < -0.3 is 10.0 Å². The fourth-order valence-electron chi connectivity index (χ4n) is 1.84. The van der Waals surface area contributed by atoms with Crippen molar-refractivity contribution < 1.29 is 5.11 Å². The van der Waals surface area contributed by atoms with E-state index < -0.39 is 0 Å². The van der Waals surface area contributed by atoms with Crippen LogP contribution in [0.3, 0.4) is 0 Å². The van der Waals surface area contributed by atoms with E-state index in [0.29, 0.717) is 0 Å². The lowest BCUT2D eigenvalue weighted by Gasteiger charge is -2.24. The fourth-order valence-corrected chi connectivity index (χ4v) is 2.39. The van der Waals surface area contributed by atoms with E-state index in [0.717, 1.165) is 29.7 Å². The van der Waals surface area contributed by atoms with Gasteiger partial charge in [0, 0.05) is 12.7 Å². The zero-order chi connectivity index (χ0) is 10.8. The lowest BCUT2D eigenvalue weighted by atomic mass is 10.2. The Morgan fingerprint density at radius 1 is 1.67 bits per heavy atom. The molecule has 1 aromatic heterocycles. The number of nitrogens with zero attached hydrogens (tertiary/aromatic N) is 3. The predicted octanol–water partition coefficient (Wildman–Crippen LogP) is 1.85. The maximum atomic E-state index is 9.22. The van der Waals surface area contributed by atoms with Crippen molar-refractivity contribution in [3.05, 3.63) is 16.0 Å². The van der Waals surface area contributed by atoms with Gasteiger partial charge in [0.2, 0.25) is 5.28 Å². The quantitative estimate of drug-likeness (QED) is 0.845. The van der Waals surface area contributed by atoms with Gasteiger partial charge in [-0.05, 0) is 40.4 Å². The third kappa shape index (κ3) is 2.24. The predicted molar refractivity (Wildman–Crippen MR) is 62.2 cm³/mol. The van der Waals surface area contributed by atoms with Crippen LogP contribution in [-0.2, 0) is 0 Å². The van der Waals surface area contributed by atoms with E-state index in [-0.39, 0.29) is 17.9 Å². The van der Waals surface area contributed by atoms with E-state index in [2.05, 4.69) is 30.8 Å². The summed E-state index contributed by atoms with van der Waals surface area (Å²) in [6.07, 6.45) is 3.70. The Hall–Kier alpha value is -0.390. The topological polar surface area (TPSA) is 49.2 Å². The molecular weight excluding hydrogens is 281 g/mol. The van der Waals surface area contributed by atoms with Crippen LogP contribution in [0.1, 0.15) is 12.8 Å². The summed E-state index contributed by atoms with van der Waals surface area (Å²) in [5, 5.41) is 9.46. The van der Waals surface area contributed by atoms with Crippen LogP contribution in [-0.4, -0.2) is 34.3 Å². The zero-order valence-corrected chi connectivity index (χ0v) is 10.4. The Kier molecular flexibility index (Phi) is 3.43. The molecule has 6 heteroatoms. The summed E-state index contributed by atoms with van der Waals surface area (Å²) in [4.78, 5) is 10.1. The molecule has 4 nitrogen and oxygen atoms in total. The maximum absolute atomic E-state index is 9.22. The van der Waals surface area contributed by atoms with Gasteiger partial charge in [0.05, 0.1) is 17.1 Å². The first-order chi connectivity index (χ1) is 7.22. The first-order valence-corrected chi connectivity index (χ1v) is 5.95. The van der Waals surface area contributed by atoms with Gasteiger partial charge >= 0.3 is 0 Å². The molecule has 1 fully saturated rings. The summed E-state index contributed by atoms with van der Waals surface area (Å²) in [6.45, 7) is 1.05. The maximum Gasteiger partial charge on any atom is 0.224 e. The second-order valence-electron chi connectivity index (χ2n) is 3.48. The minimum atomic E-state index is 0.146. The van der Waals surface area contributed by atoms with Crippen LogP contribution in [0.25, 0.3) is 0 Å². The number of hydrogen-bond donors (Lipinski definition) is 1. The van der Waals surface area contributed by atoms with Gasteiger partial charge in [0.15, 0.2) is 0 Å². The molecule has 1 aromatic rings. The van der Waals surface area contributed by atoms with E-state index in [1.54, 1.807) is 6.20 Å². The van der Waals surface area contributed by atoms with Crippen LogP contribution < -0.4 is 4.90 Å². The van der Waals surface area contributed by atoms with Crippen molar-refractivity contribution in [3.63, 3.8) is 0 Å². The van der Waals surface area contributed by atoms with Crippen LogP contribution in [0, 0.1) is 0 Å². The molecule has 1 atom stereocenters. The zero-order valence-electron chi connectivity index (χ0n) is 8.03. The third-order valence-corrected chi connectivity index (χ3v) is 3.30. The summed E-state index contributed by atoms with van der Waals surface area (Å²) in [7, 11) is 0. The number of aromatic nitrogens is 2. The molecule has 2 heterocycles. The van der Waals surface area contributed by atoms with Crippen LogP contribution in [0.5, 0.6) is 0 Å². The van der Waals surface area contributed by atoms with Crippen LogP contribution in [0.4, 0.5) is 5.82 Å². The average Bonchev–Trinajstić information content (AvgIpc) is 2.69. The van der Waals surface area contributed by atoms with Crippen molar-refractivity contribution in [1.29, 1.82) is 0 Å². The highest BCUT2D eigenvalue weighted by molar-refractivity contribution is 9.10. The Bertz CT molecular complexity index is 363. The summed E-state index contributed by atoms with van der Waals surface area (Å²) in [5.41, 5.74) is 0. The highest BCUT2D eigenvalue weighted by Crippen LogP contribution is 2.30. The molecule has 1 saturated heterocycles. The normalized spacial score (nSPS) is 21.0. The van der Waals surface area contributed by atoms with Gasteiger partial charge in [0.1, 0.15) is 5.82 Å². The first kappa shape index (κ1) is 11.1. The van der Waals surface area contributed by atoms with E-state index >= 15 is 0 Å². The van der Waals surface area contributed by atoms with E-state index in [9.17, 15) is 5.11 Å². The first-order valence-electron chi connectivity index (χ1n) is 4.78. The molecular formula is C9H11BrClN3O. The van der Waals surface area contributed by atoms with Crippen molar-refractivity contribution in [3.8, 4) is 0 Å².